The molecule has 0 heterocycles. The Kier molecular flexibility index (Phi) is 7.33. The summed E-state index contributed by atoms with van der Waals surface area (Å²) in [5.74, 6) is 0. The third-order valence-electron chi connectivity index (χ3n) is 3.00. The van der Waals surface area contributed by atoms with Gasteiger partial charge in [-0.2, -0.15) is 0 Å². The van der Waals surface area contributed by atoms with Gasteiger partial charge in [0, 0.05) is 11.1 Å². The summed E-state index contributed by atoms with van der Waals surface area (Å²) in [6.07, 6.45) is 3.43. The Morgan fingerprint density at radius 3 is 2.44 bits per heavy atom. The van der Waals surface area contributed by atoms with Crippen LogP contribution in [0.2, 0.25) is 5.02 Å². The van der Waals surface area contributed by atoms with Crippen LogP contribution in [0.3, 0.4) is 0 Å². The average molecular weight is 269 g/mol. The minimum absolute atomic E-state index is 0.550. The van der Waals surface area contributed by atoms with Crippen LogP contribution in [0, 0.1) is 0 Å². The zero-order valence-electron chi connectivity index (χ0n) is 11.7. The molecular formula is C15H25ClN2. The van der Waals surface area contributed by atoms with Crippen LogP contribution in [-0.4, -0.2) is 38.1 Å². The molecule has 18 heavy (non-hydrogen) atoms. The molecule has 0 aliphatic rings. The van der Waals surface area contributed by atoms with E-state index in [4.69, 9.17) is 11.6 Å². The highest BCUT2D eigenvalue weighted by molar-refractivity contribution is 6.30. The van der Waals surface area contributed by atoms with Gasteiger partial charge in [-0.1, -0.05) is 30.7 Å². The van der Waals surface area contributed by atoms with Crippen molar-refractivity contribution >= 4 is 11.6 Å². The second kappa shape index (κ2) is 8.52. The van der Waals surface area contributed by atoms with E-state index in [-0.39, 0.29) is 0 Å². The summed E-state index contributed by atoms with van der Waals surface area (Å²) in [4.78, 5) is 2.24. The SMILES string of the molecule is CCCNC(CCN(C)C)Cc1ccc(Cl)cc1. The molecule has 0 radical (unpaired) electrons. The van der Waals surface area contributed by atoms with Gasteiger partial charge in [-0.3, -0.25) is 0 Å². The fourth-order valence-corrected chi connectivity index (χ4v) is 2.07. The van der Waals surface area contributed by atoms with E-state index < -0.39 is 0 Å². The van der Waals surface area contributed by atoms with Gasteiger partial charge in [0.15, 0.2) is 0 Å². The maximum absolute atomic E-state index is 5.91. The van der Waals surface area contributed by atoms with Gasteiger partial charge in [0.1, 0.15) is 0 Å². The first-order valence-corrected chi connectivity index (χ1v) is 7.12. The molecule has 2 nitrogen and oxygen atoms in total. The molecule has 1 rings (SSSR count). The molecule has 3 heteroatoms. The van der Waals surface area contributed by atoms with Crippen LogP contribution in [-0.2, 0) is 6.42 Å². The smallest absolute Gasteiger partial charge is 0.0406 e. The number of halogens is 1. The molecule has 1 unspecified atom stereocenters. The lowest BCUT2D eigenvalue weighted by Gasteiger charge is -2.20. The zero-order valence-corrected chi connectivity index (χ0v) is 12.5. The maximum Gasteiger partial charge on any atom is 0.0406 e. The van der Waals surface area contributed by atoms with E-state index in [0.29, 0.717) is 6.04 Å². The van der Waals surface area contributed by atoms with Gasteiger partial charge in [0.05, 0.1) is 0 Å². The Labute approximate surface area is 116 Å². The van der Waals surface area contributed by atoms with Crippen LogP contribution in [0.4, 0.5) is 0 Å². The number of benzene rings is 1. The van der Waals surface area contributed by atoms with Crippen molar-refractivity contribution < 1.29 is 0 Å². The molecule has 0 aliphatic carbocycles. The van der Waals surface area contributed by atoms with Crippen molar-refractivity contribution in [2.45, 2.75) is 32.2 Å². The molecule has 0 saturated carbocycles. The minimum Gasteiger partial charge on any atom is -0.314 e. The highest BCUT2D eigenvalue weighted by Gasteiger charge is 2.09. The lowest BCUT2D eigenvalue weighted by atomic mass is 10.0. The van der Waals surface area contributed by atoms with Crippen LogP contribution in [0.5, 0.6) is 0 Å². The zero-order chi connectivity index (χ0) is 13.4. The molecule has 0 amide bonds. The summed E-state index contributed by atoms with van der Waals surface area (Å²) in [5, 5.41) is 4.44. The molecule has 102 valence electrons. The van der Waals surface area contributed by atoms with Crippen LogP contribution >= 0.6 is 11.6 Å². The molecule has 0 aliphatic heterocycles. The second-order valence-corrected chi connectivity index (χ2v) is 5.51. The second-order valence-electron chi connectivity index (χ2n) is 5.07. The van der Waals surface area contributed by atoms with Crippen LogP contribution in [0.15, 0.2) is 24.3 Å². The average Bonchev–Trinajstić information content (AvgIpc) is 2.35. The fourth-order valence-electron chi connectivity index (χ4n) is 1.94. The first-order valence-electron chi connectivity index (χ1n) is 6.74. The first kappa shape index (κ1) is 15.5. The minimum atomic E-state index is 0.550. The Balaban J connectivity index is 2.50. The molecule has 0 aromatic heterocycles. The summed E-state index contributed by atoms with van der Waals surface area (Å²) < 4.78 is 0. The normalized spacial score (nSPS) is 12.9. The summed E-state index contributed by atoms with van der Waals surface area (Å²) in [6.45, 7) is 4.42. The number of nitrogens with zero attached hydrogens (tertiary/aromatic N) is 1. The Bertz CT molecular complexity index is 322. The molecule has 1 aromatic carbocycles. The van der Waals surface area contributed by atoms with Gasteiger partial charge in [0.25, 0.3) is 0 Å². The van der Waals surface area contributed by atoms with Crippen molar-refractivity contribution in [3.8, 4) is 0 Å². The largest absolute Gasteiger partial charge is 0.314 e. The highest BCUT2D eigenvalue weighted by atomic mass is 35.5. The molecule has 1 atom stereocenters. The lowest BCUT2D eigenvalue weighted by Crippen LogP contribution is -2.34. The molecule has 0 spiro atoms. The maximum atomic E-state index is 5.91. The van der Waals surface area contributed by atoms with Crippen molar-refractivity contribution in [3.63, 3.8) is 0 Å². The van der Waals surface area contributed by atoms with E-state index in [1.165, 1.54) is 18.4 Å². The standard InChI is InChI=1S/C15H25ClN2/c1-4-10-17-15(9-11-18(2)3)12-13-5-7-14(16)8-6-13/h5-8,15,17H,4,9-12H2,1-3H3. The van der Waals surface area contributed by atoms with Gasteiger partial charge in [0.2, 0.25) is 0 Å². The molecular weight excluding hydrogens is 244 g/mol. The molecule has 1 N–H and O–H groups in total. The van der Waals surface area contributed by atoms with Gasteiger partial charge in [-0.15, -0.1) is 0 Å². The van der Waals surface area contributed by atoms with Crippen LogP contribution < -0.4 is 5.32 Å². The van der Waals surface area contributed by atoms with Gasteiger partial charge in [-0.25, -0.2) is 0 Å². The monoisotopic (exact) mass is 268 g/mol. The van der Waals surface area contributed by atoms with E-state index in [2.05, 4.69) is 43.4 Å². The topological polar surface area (TPSA) is 15.3 Å². The van der Waals surface area contributed by atoms with Crippen LogP contribution in [0.25, 0.3) is 0 Å². The fraction of sp³-hybridized carbons (Fsp3) is 0.600. The molecule has 0 fully saturated rings. The Morgan fingerprint density at radius 1 is 1.22 bits per heavy atom. The van der Waals surface area contributed by atoms with Crippen molar-refractivity contribution in [1.29, 1.82) is 0 Å². The first-order chi connectivity index (χ1) is 8.61. The number of rotatable bonds is 8. The van der Waals surface area contributed by atoms with E-state index in [9.17, 15) is 0 Å². The Morgan fingerprint density at radius 2 is 1.89 bits per heavy atom. The summed E-state index contributed by atoms with van der Waals surface area (Å²) >= 11 is 5.91. The third kappa shape index (κ3) is 6.39. The quantitative estimate of drug-likeness (QED) is 0.779. The predicted molar refractivity (Wildman–Crippen MR) is 80.4 cm³/mol. The van der Waals surface area contributed by atoms with Gasteiger partial charge < -0.3 is 10.2 Å². The van der Waals surface area contributed by atoms with Crippen molar-refractivity contribution in [2.24, 2.45) is 0 Å². The molecule has 1 aromatic rings. The molecule has 0 saturated heterocycles. The highest BCUT2D eigenvalue weighted by Crippen LogP contribution is 2.12. The lowest BCUT2D eigenvalue weighted by molar-refractivity contribution is 0.356. The van der Waals surface area contributed by atoms with Gasteiger partial charge in [-0.05, 0) is 64.1 Å². The van der Waals surface area contributed by atoms with E-state index in [1.54, 1.807) is 0 Å². The number of nitrogens with one attached hydrogen (secondary N) is 1. The van der Waals surface area contributed by atoms with Crippen molar-refractivity contribution in [3.05, 3.63) is 34.9 Å². The summed E-state index contributed by atoms with van der Waals surface area (Å²) in [5.41, 5.74) is 1.35. The molecule has 0 bridgehead atoms. The van der Waals surface area contributed by atoms with Crippen molar-refractivity contribution in [2.75, 3.05) is 27.2 Å². The number of hydrogen-bond acceptors (Lipinski definition) is 2. The van der Waals surface area contributed by atoms with Gasteiger partial charge >= 0.3 is 0 Å². The summed E-state index contributed by atoms with van der Waals surface area (Å²) in [6, 6.07) is 8.74. The number of hydrogen-bond donors (Lipinski definition) is 1. The third-order valence-corrected chi connectivity index (χ3v) is 3.26. The van der Waals surface area contributed by atoms with E-state index >= 15 is 0 Å². The summed E-state index contributed by atoms with van der Waals surface area (Å²) in [7, 11) is 4.25. The Hall–Kier alpha value is -0.570. The van der Waals surface area contributed by atoms with E-state index in [0.717, 1.165) is 24.5 Å². The van der Waals surface area contributed by atoms with Crippen molar-refractivity contribution in [1.82, 2.24) is 10.2 Å². The predicted octanol–water partition coefficient (Wildman–Crippen LogP) is 3.20. The van der Waals surface area contributed by atoms with E-state index in [1.807, 2.05) is 12.1 Å². The van der Waals surface area contributed by atoms with Crippen LogP contribution in [0.1, 0.15) is 25.3 Å².